The van der Waals surface area contributed by atoms with Crippen LogP contribution in [0, 0.1) is 21.7 Å². The second-order valence-electron chi connectivity index (χ2n) is 7.43. The highest BCUT2D eigenvalue weighted by Gasteiger charge is 2.26. The number of anilines is 1. The number of fused-ring (bicyclic) bond motifs is 1. The smallest absolute Gasteiger partial charge is 0.376 e. The minimum absolute atomic E-state index is 0.0331. The molecule has 4 aromatic rings. The van der Waals surface area contributed by atoms with E-state index >= 15 is 0 Å². The van der Waals surface area contributed by atoms with Crippen LogP contribution in [0.15, 0.2) is 76.7 Å². The van der Waals surface area contributed by atoms with Crippen molar-refractivity contribution >= 4 is 34.0 Å². The van der Waals surface area contributed by atoms with E-state index in [2.05, 4.69) is 5.32 Å². The number of aromatic nitrogens is 1. The Labute approximate surface area is 194 Å². The number of halogens is 5. The minimum atomic E-state index is -4.41. The fourth-order valence-corrected chi connectivity index (χ4v) is 4.59. The number of hydrogen-bond donors (Lipinski definition) is 1. The summed E-state index contributed by atoms with van der Waals surface area (Å²) in [6.45, 7) is -1.20. The summed E-state index contributed by atoms with van der Waals surface area (Å²) >= 11 is 1.12. The summed E-state index contributed by atoms with van der Waals surface area (Å²) in [5.74, 6) is -1.51. The molecule has 11 heteroatoms. The average molecular weight is 493 g/mol. The second kappa shape index (κ2) is 9.34. The Bertz CT molecular complexity index is 1350. The number of nitro benzene ring substituents is 1. The van der Waals surface area contributed by atoms with Gasteiger partial charge < -0.3 is 9.88 Å². The van der Waals surface area contributed by atoms with Gasteiger partial charge in [-0.15, -0.1) is 0 Å². The molecule has 0 saturated carbocycles. The van der Waals surface area contributed by atoms with E-state index in [1.807, 2.05) is 0 Å². The molecule has 4 rings (SSSR count). The van der Waals surface area contributed by atoms with Crippen molar-refractivity contribution in [2.24, 2.45) is 0 Å². The van der Waals surface area contributed by atoms with E-state index < -0.39 is 29.3 Å². The lowest BCUT2D eigenvalue weighted by molar-refractivity contribution is -0.387. The lowest BCUT2D eigenvalue weighted by Gasteiger charge is -2.11. The van der Waals surface area contributed by atoms with E-state index in [9.17, 15) is 32.1 Å². The van der Waals surface area contributed by atoms with Gasteiger partial charge in [0.25, 0.3) is 5.69 Å². The summed E-state index contributed by atoms with van der Waals surface area (Å²) in [7, 11) is 0. The van der Waals surface area contributed by atoms with Gasteiger partial charge in [0.05, 0.1) is 15.3 Å². The Balaban J connectivity index is 1.77. The van der Waals surface area contributed by atoms with Gasteiger partial charge in [-0.1, -0.05) is 23.9 Å². The summed E-state index contributed by atoms with van der Waals surface area (Å²) in [6, 6.07) is 13.8. The van der Waals surface area contributed by atoms with E-state index in [1.165, 1.54) is 18.2 Å². The monoisotopic (exact) mass is 493 g/mol. The van der Waals surface area contributed by atoms with Crippen molar-refractivity contribution in [3.8, 4) is 0 Å². The molecule has 0 aliphatic heterocycles. The third-order valence-electron chi connectivity index (χ3n) is 4.90. The zero-order valence-electron chi connectivity index (χ0n) is 17.3. The Kier molecular flexibility index (Phi) is 6.47. The number of para-hydroxylation sites is 1. The molecular weight excluding hydrogens is 477 g/mol. The number of nitrogens with zero attached hydrogens (tertiary/aromatic N) is 2. The van der Waals surface area contributed by atoms with Gasteiger partial charge in [0.15, 0.2) is 0 Å². The molecule has 0 bridgehead atoms. The Morgan fingerprint density at radius 1 is 0.971 bits per heavy atom. The van der Waals surface area contributed by atoms with Crippen molar-refractivity contribution in [1.29, 1.82) is 0 Å². The lowest BCUT2D eigenvalue weighted by Crippen LogP contribution is -2.21. The lowest BCUT2D eigenvalue weighted by atomic mass is 10.2. The summed E-state index contributed by atoms with van der Waals surface area (Å²) in [5, 5.41) is 14.3. The molecule has 34 heavy (non-hydrogen) atoms. The number of benzene rings is 3. The highest BCUT2D eigenvalue weighted by molar-refractivity contribution is 7.99. The number of nitrogens with one attached hydrogen (secondary N) is 1. The number of nitro groups is 1. The van der Waals surface area contributed by atoms with Gasteiger partial charge in [0, 0.05) is 40.8 Å². The van der Waals surface area contributed by atoms with Crippen molar-refractivity contribution in [2.75, 3.05) is 11.9 Å². The highest BCUT2D eigenvalue weighted by atomic mass is 32.2. The van der Waals surface area contributed by atoms with Crippen molar-refractivity contribution in [3.63, 3.8) is 0 Å². The molecule has 1 N–H and O–H groups in total. The molecular formula is C23H16F5N3O2S. The van der Waals surface area contributed by atoms with Crippen LogP contribution >= 0.6 is 11.8 Å². The molecule has 5 nitrogen and oxygen atoms in total. The largest absolute Gasteiger partial charge is 0.405 e. The van der Waals surface area contributed by atoms with Crippen LogP contribution in [0.25, 0.3) is 10.9 Å². The minimum Gasteiger partial charge on any atom is -0.376 e. The first-order valence-corrected chi connectivity index (χ1v) is 10.7. The molecule has 3 aromatic carbocycles. The van der Waals surface area contributed by atoms with Crippen LogP contribution < -0.4 is 5.32 Å². The summed E-state index contributed by atoms with van der Waals surface area (Å²) < 4.78 is 67.0. The third-order valence-corrected chi connectivity index (χ3v) is 6.01. The molecule has 0 aliphatic carbocycles. The standard InChI is InChI=1S/C23H16F5N3O2S/c24-15-7-14(8-16(25)9-15)11-30-12-22(34-21-4-2-1-3-19(21)31(32)33)18-6-5-17(10-20(18)30)29-13-23(26,27)28/h1-10,12,29H,11,13H2. The molecule has 0 aliphatic rings. The zero-order valence-corrected chi connectivity index (χ0v) is 18.1. The highest BCUT2D eigenvalue weighted by Crippen LogP contribution is 2.40. The molecule has 1 heterocycles. The Hall–Kier alpha value is -3.60. The van der Waals surface area contributed by atoms with Gasteiger partial charge in [0.2, 0.25) is 0 Å². The van der Waals surface area contributed by atoms with Gasteiger partial charge >= 0.3 is 6.18 Å². The van der Waals surface area contributed by atoms with Crippen molar-refractivity contribution in [3.05, 3.63) is 94.2 Å². The molecule has 0 unspecified atom stereocenters. The fourth-order valence-electron chi connectivity index (χ4n) is 3.49. The maximum atomic E-state index is 13.7. The molecule has 176 valence electrons. The first-order chi connectivity index (χ1) is 16.1. The summed E-state index contributed by atoms with van der Waals surface area (Å²) in [6.07, 6.45) is -2.76. The van der Waals surface area contributed by atoms with Crippen LogP contribution in [-0.4, -0.2) is 22.2 Å². The predicted molar refractivity (Wildman–Crippen MR) is 119 cm³/mol. The Morgan fingerprint density at radius 2 is 1.68 bits per heavy atom. The third kappa shape index (κ3) is 5.48. The van der Waals surface area contributed by atoms with Crippen LogP contribution in [0.4, 0.5) is 33.3 Å². The molecule has 0 amide bonds. The SMILES string of the molecule is O=[N+]([O-])c1ccccc1Sc1cn(Cc2cc(F)cc(F)c2)c2cc(NCC(F)(F)F)ccc12. The molecule has 0 fully saturated rings. The van der Waals surface area contributed by atoms with Gasteiger partial charge in [-0.2, -0.15) is 13.2 Å². The molecule has 1 aromatic heterocycles. The van der Waals surface area contributed by atoms with Crippen molar-refractivity contribution in [1.82, 2.24) is 4.57 Å². The summed E-state index contributed by atoms with van der Waals surface area (Å²) in [5.41, 5.74) is 0.920. The average Bonchev–Trinajstić information content (AvgIpc) is 3.07. The van der Waals surface area contributed by atoms with Crippen LogP contribution in [0.5, 0.6) is 0 Å². The normalized spacial score (nSPS) is 11.7. The van der Waals surface area contributed by atoms with E-state index in [0.717, 1.165) is 30.0 Å². The molecule has 0 radical (unpaired) electrons. The van der Waals surface area contributed by atoms with Gasteiger partial charge in [-0.3, -0.25) is 10.1 Å². The van der Waals surface area contributed by atoms with E-state index in [4.69, 9.17) is 0 Å². The zero-order chi connectivity index (χ0) is 24.5. The first-order valence-electron chi connectivity index (χ1n) is 9.89. The van der Waals surface area contributed by atoms with Crippen molar-refractivity contribution < 1.29 is 26.9 Å². The van der Waals surface area contributed by atoms with Crippen LogP contribution in [-0.2, 0) is 6.54 Å². The summed E-state index contributed by atoms with van der Waals surface area (Å²) in [4.78, 5) is 11.9. The number of rotatable bonds is 7. The van der Waals surface area contributed by atoms with E-state index in [1.54, 1.807) is 35.0 Å². The van der Waals surface area contributed by atoms with Gasteiger partial charge in [-0.25, -0.2) is 8.78 Å². The number of alkyl halides is 3. The second-order valence-corrected chi connectivity index (χ2v) is 8.51. The van der Waals surface area contributed by atoms with Crippen LogP contribution in [0.2, 0.25) is 0 Å². The quantitative estimate of drug-likeness (QED) is 0.171. The molecule has 0 spiro atoms. The fraction of sp³-hybridized carbons (Fsp3) is 0.130. The maximum absolute atomic E-state index is 13.7. The molecule has 0 saturated heterocycles. The van der Waals surface area contributed by atoms with Crippen molar-refractivity contribution in [2.45, 2.75) is 22.5 Å². The van der Waals surface area contributed by atoms with Crippen LogP contribution in [0.1, 0.15) is 5.56 Å². The number of hydrogen-bond acceptors (Lipinski definition) is 4. The predicted octanol–water partition coefficient (Wildman–Crippen LogP) is 7.00. The van der Waals surface area contributed by atoms with Gasteiger partial charge in [-0.05, 0) is 42.0 Å². The van der Waals surface area contributed by atoms with Gasteiger partial charge in [0.1, 0.15) is 18.2 Å². The first kappa shape index (κ1) is 23.6. The molecule has 0 atom stereocenters. The van der Waals surface area contributed by atoms with E-state index in [0.29, 0.717) is 26.3 Å². The maximum Gasteiger partial charge on any atom is 0.405 e. The van der Waals surface area contributed by atoms with Crippen LogP contribution in [0.3, 0.4) is 0 Å². The topological polar surface area (TPSA) is 60.1 Å². The Morgan fingerprint density at radius 3 is 2.35 bits per heavy atom. The van der Waals surface area contributed by atoms with E-state index in [-0.39, 0.29) is 17.9 Å².